The van der Waals surface area contributed by atoms with Gasteiger partial charge in [-0.15, -0.1) is 0 Å². The summed E-state index contributed by atoms with van der Waals surface area (Å²) < 4.78 is 11.8. The van der Waals surface area contributed by atoms with Crippen LogP contribution in [0.3, 0.4) is 0 Å². The Morgan fingerprint density at radius 1 is 1.10 bits per heavy atom. The number of hydrogen-bond acceptors (Lipinski definition) is 4. The van der Waals surface area contributed by atoms with Crippen molar-refractivity contribution in [1.29, 1.82) is 0 Å². The first kappa shape index (κ1) is 22.2. The number of carbonyl (C=O) groups is 1. The average Bonchev–Trinajstić information content (AvgIpc) is 2.75. The molecule has 0 atom stereocenters. The zero-order valence-corrected chi connectivity index (χ0v) is 19.0. The van der Waals surface area contributed by atoms with E-state index in [9.17, 15) is 4.79 Å². The Hall–Kier alpha value is -2.54. The van der Waals surface area contributed by atoms with Crippen molar-refractivity contribution in [2.24, 2.45) is 5.10 Å². The van der Waals surface area contributed by atoms with Gasteiger partial charge < -0.3 is 9.47 Å². The van der Waals surface area contributed by atoms with Gasteiger partial charge >= 0.3 is 0 Å². The predicted octanol–water partition coefficient (Wildman–Crippen LogP) is 6.11. The fourth-order valence-corrected chi connectivity index (χ4v) is 3.25. The summed E-state index contributed by atoms with van der Waals surface area (Å²) in [6.07, 6.45) is 1.54. The Kier molecular flexibility index (Phi) is 7.74. The van der Waals surface area contributed by atoms with Gasteiger partial charge in [0.2, 0.25) is 0 Å². The molecule has 1 amide bonds. The van der Waals surface area contributed by atoms with Gasteiger partial charge in [-0.2, -0.15) is 5.10 Å². The highest BCUT2D eigenvalue weighted by molar-refractivity contribution is 9.10. The number of rotatable bonds is 7. The highest BCUT2D eigenvalue weighted by atomic mass is 79.9. The molecular weight excluding hydrogens is 491 g/mol. The molecule has 0 aliphatic heterocycles. The highest BCUT2D eigenvalue weighted by Crippen LogP contribution is 2.24. The molecule has 0 unspecified atom stereocenters. The molecule has 0 aliphatic carbocycles. The van der Waals surface area contributed by atoms with Crippen LogP contribution in [0.1, 0.15) is 21.5 Å². The van der Waals surface area contributed by atoms with Crippen LogP contribution in [0.2, 0.25) is 10.0 Å². The topological polar surface area (TPSA) is 59.9 Å². The molecule has 0 saturated heterocycles. The molecule has 3 rings (SSSR count). The summed E-state index contributed by atoms with van der Waals surface area (Å²) in [6, 6.07) is 17.8. The lowest BCUT2D eigenvalue weighted by Gasteiger charge is -2.08. The smallest absolute Gasteiger partial charge is 0.275 e. The van der Waals surface area contributed by atoms with Crippen LogP contribution in [0, 0.1) is 0 Å². The molecule has 3 aromatic rings. The summed E-state index contributed by atoms with van der Waals surface area (Å²) in [7, 11) is 1.51. The van der Waals surface area contributed by atoms with Crippen LogP contribution in [0.4, 0.5) is 0 Å². The molecule has 8 heteroatoms. The molecule has 0 aliphatic rings. The van der Waals surface area contributed by atoms with Crippen molar-refractivity contribution in [1.82, 2.24) is 5.43 Å². The van der Waals surface area contributed by atoms with Crippen LogP contribution in [0.5, 0.6) is 11.5 Å². The molecule has 0 radical (unpaired) electrons. The van der Waals surface area contributed by atoms with Crippen LogP contribution in [-0.2, 0) is 6.61 Å². The van der Waals surface area contributed by atoms with Crippen LogP contribution >= 0.6 is 39.1 Å². The van der Waals surface area contributed by atoms with Crippen molar-refractivity contribution >= 4 is 51.3 Å². The Labute approximate surface area is 192 Å². The van der Waals surface area contributed by atoms with Gasteiger partial charge in [0, 0.05) is 4.47 Å². The van der Waals surface area contributed by atoms with Gasteiger partial charge in [-0.25, -0.2) is 5.43 Å². The quantitative estimate of drug-likeness (QED) is 0.310. The maximum absolute atomic E-state index is 12.4. The SMILES string of the molecule is COc1ccc(Br)cc1C(=O)N/N=C\c1cccc(OCc2ccc(Cl)c(Cl)c2)c1. The lowest BCUT2D eigenvalue weighted by Crippen LogP contribution is -2.18. The fraction of sp³-hybridized carbons (Fsp3) is 0.0909. The normalized spacial score (nSPS) is 10.8. The van der Waals surface area contributed by atoms with Crippen LogP contribution < -0.4 is 14.9 Å². The van der Waals surface area contributed by atoms with E-state index in [0.29, 0.717) is 33.7 Å². The molecule has 0 bridgehead atoms. The summed E-state index contributed by atoms with van der Waals surface area (Å²) >= 11 is 15.3. The number of methoxy groups -OCH3 is 1. The summed E-state index contributed by atoms with van der Waals surface area (Å²) in [6.45, 7) is 0.344. The number of hydrazone groups is 1. The molecular formula is C22H17BrCl2N2O3. The van der Waals surface area contributed by atoms with E-state index in [-0.39, 0.29) is 5.91 Å². The lowest BCUT2D eigenvalue weighted by molar-refractivity contribution is 0.0952. The number of nitrogens with zero attached hydrogens (tertiary/aromatic N) is 1. The summed E-state index contributed by atoms with van der Waals surface area (Å²) in [5.74, 6) is 0.741. The third-order valence-corrected chi connectivity index (χ3v) is 5.27. The van der Waals surface area contributed by atoms with E-state index in [1.807, 2.05) is 30.3 Å². The Bertz CT molecular complexity index is 1090. The summed E-state index contributed by atoms with van der Waals surface area (Å²) in [4.78, 5) is 12.4. The van der Waals surface area contributed by atoms with Gasteiger partial charge in [-0.1, -0.05) is 57.3 Å². The molecule has 0 spiro atoms. The molecule has 0 heterocycles. The van der Waals surface area contributed by atoms with E-state index in [4.69, 9.17) is 32.7 Å². The highest BCUT2D eigenvalue weighted by Gasteiger charge is 2.12. The van der Waals surface area contributed by atoms with E-state index in [1.165, 1.54) is 13.3 Å². The average molecular weight is 508 g/mol. The molecule has 3 aromatic carbocycles. The van der Waals surface area contributed by atoms with E-state index in [0.717, 1.165) is 15.6 Å². The molecule has 0 saturated carbocycles. The molecule has 0 aromatic heterocycles. The van der Waals surface area contributed by atoms with Gasteiger partial charge in [0.1, 0.15) is 18.1 Å². The first-order valence-corrected chi connectivity index (χ1v) is 10.3. The third-order valence-electron chi connectivity index (χ3n) is 4.03. The standard InChI is InChI=1S/C22H17BrCl2N2O3/c1-29-21-8-6-16(23)11-18(21)22(28)27-26-12-14-3-2-4-17(9-14)30-13-15-5-7-19(24)20(25)10-15/h2-12H,13H2,1H3,(H,27,28)/b26-12-. The second kappa shape index (κ2) is 10.5. The van der Waals surface area contributed by atoms with Crippen LogP contribution in [0.25, 0.3) is 0 Å². The largest absolute Gasteiger partial charge is 0.496 e. The van der Waals surface area contributed by atoms with Crippen molar-refractivity contribution in [2.75, 3.05) is 7.11 Å². The van der Waals surface area contributed by atoms with Crippen molar-refractivity contribution in [2.45, 2.75) is 6.61 Å². The number of amides is 1. The molecule has 30 heavy (non-hydrogen) atoms. The lowest BCUT2D eigenvalue weighted by atomic mass is 10.2. The zero-order valence-electron chi connectivity index (χ0n) is 15.9. The van der Waals surface area contributed by atoms with E-state index < -0.39 is 0 Å². The minimum absolute atomic E-state index is 0.344. The second-order valence-corrected chi connectivity index (χ2v) is 7.88. The van der Waals surface area contributed by atoms with Gasteiger partial charge in [-0.3, -0.25) is 4.79 Å². The molecule has 0 fully saturated rings. The van der Waals surface area contributed by atoms with Crippen LogP contribution in [-0.4, -0.2) is 19.2 Å². The Morgan fingerprint density at radius 3 is 2.70 bits per heavy atom. The number of ether oxygens (including phenoxy) is 2. The number of nitrogens with one attached hydrogen (secondary N) is 1. The van der Waals surface area contributed by atoms with Crippen molar-refractivity contribution in [3.63, 3.8) is 0 Å². The fourth-order valence-electron chi connectivity index (χ4n) is 2.56. The minimum Gasteiger partial charge on any atom is -0.496 e. The van der Waals surface area contributed by atoms with Crippen molar-refractivity contribution < 1.29 is 14.3 Å². The van der Waals surface area contributed by atoms with E-state index in [1.54, 1.807) is 30.3 Å². The van der Waals surface area contributed by atoms with Gasteiger partial charge in [0.15, 0.2) is 0 Å². The van der Waals surface area contributed by atoms with Gasteiger partial charge in [0.05, 0.1) is 28.9 Å². The van der Waals surface area contributed by atoms with Crippen molar-refractivity contribution in [3.05, 3.63) is 91.9 Å². The molecule has 1 N–H and O–H groups in total. The van der Waals surface area contributed by atoms with E-state index >= 15 is 0 Å². The first-order chi connectivity index (χ1) is 14.5. The maximum Gasteiger partial charge on any atom is 0.275 e. The Morgan fingerprint density at radius 2 is 1.93 bits per heavy atom. The monoisotopic (exact) mass is 506 g/mol. The predicted molar refractivity (Wildman–Crippen MR) is 123 cm³/mol. The molecule has 154 valence electrons. The number of hydrogen-bond donors (Lipinski definition) is 1. The molecule has 5 nitrogen and oxygen atoms in total. The Balaban J connectivity index is 1.62. The van der Waals surface area contributed by atoms with Crippen LogP contribution in [0.15, 0.2) is 70.2 Å². The zero-order chi connectivity index (χ0) is 21.5. The second-order valence-electron chi connectivity index (χ2n) is 6.15. The summed E-state index contributed by atoms with van der Waals surface area (Å²) in [5.41, 5.74) is 4.55. The maximum atomic E-state index is 12.4. The number of halogens is 3. The third kappa shape index (κ3) is 5.98. The van der Waals surface area contributed by atoms with E-state index in [2.05, 4.69) is 26.5 Å². The minimum atomic E-state index is -0.378. The van der Waals surface area contributed by atoms with Gasteiger partial charge in [-0.05, 0) is 53.6 Å². The number of carbonyl (C=O) groups excluding carboxylic acids is 1. The first-order valence-electron chi connectivity index (χ1n) is 8.80. The van der Waals surface area contributed by atoms with Gasteiger partial charge in [0.25, 0.3) is 5.91 Å². The summed E-state index contributed by atoms with van der Waals surface area (Å²) in [5, 5.41) is 5.00. The number of benzene rings is 3. The van der Waals surface area contributed by atoms with Crippen molar-refractivity contribution in [3.8, 4) is 11.5 Å².